The van der Waals surface area contributed by atoms with Crippen LogP contribution in [-0.2, 0) is 0 Å². The Morgan fingerprint density at radius 1 is 0.377 bits per heavy atom. The highest BCUT2D eigenvalue weighted by Crippen LogP contribution is 2.40. The van der Waals surface area contributed by atoms with E-state index in [-0.39, 0.29) is 0 Å². The number of hydrogen-bond donors (Lipinski definition) is 0. The molecule has 0 atom stereocenters. The second kappa shape index (κ2) is 11.3. The van der Waals surface area contributed by atoms with Gasteiger partial charge in [0.1, 0.15) is 0 Å². The molecule has 0 radical (unpaired) electrons. The van der Waals surface area contributed by atoms with Crippen LogP contribution in [0.3, 0.4) is 0 Å². The molecule has 0 saturated heterocycles. The monoisotopic (exact) mass is 675 g/mol. The molecule has 246 valence electrons. The van der Waals surface area contributed by atoms with E-state index in [0.29, 0.717) is 5.56 Å². The fourth-order valence-corrected chi connectivity index (χ4v) is 8.50. The first-order valence-corrected chi connectivity index (χ1v) is 17.8. The third-order valence-electron chi connectivity index (χ3n) is 10.8. The van der Waals surface area contributed by atoms with Crippen LogP contribution in [0.2, 0.25) is 0 Å². The number of pyridine rings is 1. The van der Waals surface area contributed by atoms with Crippen LogP contribution >= 0.6 is 0 Å². The number of aromatic nitrogens is 4. The molecule has 11 rings (SSSR count). The summed E-state index contributed by atoms with van der Waals surface area (Å²) in [4.78, 5) is 4.22. The van der Waals surface area contributed by atoms with Crippen LogP contribution in [0.4, 0.5) is 0 Å². The van der Waals surface area contributed by atoms with Crippen molar-refractivity contribution >= 4 is 65.4 Å². The van der Waals surface area contributed by atoms with Gasteiger partial charge < -0.3 is 13.7 Å². The minimum atomic E-state index is 0.628. The number of nitriles is 1. The molecule has 0 fully saturated rings. The molecule has 0 amide bonds. The van der Waals surface area contributed by atoms with E-state index in [2.05, 4.69) is 170 Å². The standard InChI is InChI=1S/C48H29N5/c49-30-32-17-18-33(27-40(32)31-23-25-50-26-24-31)53-47-21-19-34(51-43-13-5-1-9-36(43)37-10-2-6-14-44(37)51)28-41(47)42-29-35(20-22-48(42)53)52-45-15-7-3-11-38(45)39-12-4-8-16-46(39)52/h1-29H. The summed E-state index contributed by atoms with van der Waals surface area (Å²) < 4.78 is 7.10. The molecule has 4 heterocycles. The molecular formula is C48H29N5. The summed E-state index contributed by atoms with van der Waals surface area (Å²) in [6, 6.07) is 60.7. The van der Waals surface area contributed by atoms with Gasteiger partial charge >= 0.3 is 0 Å². The van der Waals surface area contributed by atoms with Crippen molar-refractivity contribution < 1.29 is 0 Å². The fraction of sp³-hybridized carbons (Fsp3) is 0. The van der Waals surface area contributed by atoms with E-state index >= 15 is 0 Å². The Balaban J connectivity index is 1.23. The maximum Gasteiger partial charge on any atom is 0.0998 e. The number of benzene rings is 7. The molecule has 5 nitrogen and oxygen atoms in total. The van der Waals surface area contributed by atoms with Crippen molar-refractivity contribution in [3.63, 3.8) is 0 Å². The zero-order valence-corrected chi connectivity index (χ0v) is 28.5. The van der Waals surface area contributed by atoms with Crippen LogP contribution in [0.15, 0.2) is 176 Å². The van der Waals surface area contributed by atoms with E-state index in [1.54, 1.807) is 12.4 Å². The van der Waals surface area contributed by atoms with Crippen LogP contribution < -0.4 is 0 Å². The first kappa shape index (κ1) is 29.3. The van der Waals surface area contributed by atoms with Gasteiger partial charge in [0.05, 0.1) is 44.7 Å². The van der Waals surface area contributed by atoms with Crippen molar-refractivity contribution in [3.8, 4) is 34.3 Å². The summed E-state index contributed by atoms with van der Waals surface area (Å²) in [6.45, 7) is 0. The Morgan fingerprint density at radius 3 is 1.19 bits per heavy atom. The first-order valence-electron chi connectivity index (χ1n) is 17.8. The van der Waals surface area contributed by atoms with Gasteiger partial charge in [-0.2, -0.15) is 5.26 Å². The van der Waals surface area contributed by atoms with Crippen LogP contribution in [0, 0.1) is 11.3 Å². The van der Waals surface area contributed by atoms with Crippen LogP contribution in [0.1, 0.15) is 5.56 Å². The molecule has 7 aromatic carbocycles. The fourth-order valence-electron chi connectivity index (χ4n) is 8.50. The SMILES string of the molecule is N#Cc1ccc(-n2c3ccc(-n4c5ccccc5c5ccccc54)cc3c3cc(-n4c5ccccc5c5ccccc54)ccc32)cc1-c1ccncc1. The predicted molar refractivity (Wildman–Crippen MR) is 217 cm³/mol. The Morgan fingerprint density at radius 2 is 0.755 bits per heavy atom. The van der Waals surface area contributed by atoms with Crippen molar-refractivity contribution in [1.82, 2.24) is 18.7 Å². The van der Waals surface area contributed by atoms with Gasteiger partial charge in [-0.25, -0.2) is 0 Å². The third kappa shape index (κ3) is 4.27. The van der Waals surface area contributed by atoms with Crippen molar-refractivity contribution in [2.75, 3.05) is 0 Å². The van der Waals surface area contributed by atoms with Gasteiger partial charge in [-0.3, -0.25) is 4.98 Å². The Labute approximate surface area is 304 Å². The van der Waals surface area contributed by atoms with Crippen molar-refractivity contribution in [2.45, 2.75) is 0 Å². The molecule has 0 aliphatic rings. The Bertz CT molecular complexity index is 3020. The number of fused-ring (bicyclic) bond motifs is 9. The lowest BCUT2D eigenvalue weighted by Gasteiger charge is -2.13. The summed E-state index contributed by atoms with van der Waals surface area (Å²) in [5.41, 5.74) is 12.6. The largest absolute Gasteiger partial charge is 0.309 e. The molecule has 5 heteroatoms. The highest BCUT2D eigenvalue weighted by molar-refractivity contribution is 6.14. The average Bonchev–Trinajstić information content (AvgIpc) is 3.86. The van der Waals surface area contributed by atoms with Crippen LogP contribution in [0.25, 0.3) is 93.6 Å². The normalized spacial score (nSPS) is 11.8. The molecule has 53 heavy (non-hydrogen) atoms. The Kier molecular flexibility index (Phi) is 6.25. The number of nitrogens with zero attached hydrogens (tertiary/aromatic N) is 5. The summed E-state index contributed by atoms with van der Waals surface area (Å²) in [5, 5.41) is 17.4. The van der Waals surface area contributed by atoms with E-state index in [9.17, 15) is 5.26 Å². The maximum atomic E-state index is 10.1. The summed E-state index contributed by atoms with van der Waals surface area (Å²) in [7, 11) is 0. The molecular weight excluding hydrogens is 647 g/mol. The van der Waals surface area contributed by atoms with Gasteiger partial charge in [0.15, 0.2) is 0 Å². The number of para-hydroxylation sites is 4. The summed E-state index contributed by atoms with van der Waals surface area (Å²) in [5.74, 6) is 0. The van der Waals surface area contributed by atoms with Gasteiger partial charge in [-0.1, -0.05) is 72.8 Å². The zero-order valence-electron chi connectivity index (χ0n) is 28.5. The molecule has 11 aromatic rings. The topological polar surface area (TPSA) is 51.5 Å². The van der Waals surface area contributed by atoms with E-state index in [0.717, 1.165) is 50.0 Å². The van der Waals surface area contributed by atoms with Gasteiger partial charge in [0, 0.05) is 67.3 Å². The van der Waals surface area contributed by atoms with Gasteiger partial charge in [0.25, 0.3) is 0 Å². The second-order valence-corrected chi connectivity index (χ2v) is 13.6. The highest BCUT2D eigenvalue weighted by atomic mass is 15.0. The molecule has 0 aliphatic heterocycles. The van der Waals surface area contributed by atoms with E-state index in [4.69, 9.17) is 0 Å². The number of hydrogen-bond acceptors (Lipinski definition) is 2. The molecule has 0 aliphatic carbocycles. The lowest BCUT2D eigenvalue weighted by Crippen LogP contribution is -1.97. The quantitative estimate of drug-likeness (QED) is 0.186. The maximum absolute atomic E-state index is 10.1. The van der Waals surface area contributed by atoms with Crippen molar-refractivity contribution in [1.29, 1.82) is 5.26 Å². The minimum Gasteiger partial charge on any atom is -0.309 e. The van der Waals surface area contributed by atoms with E-state index in [1.807, 2.05) is 18.2 Å². The van der Waals surface area contributed by atoms with Gasteiger partial charge in [-0.05, 0) is 96.6 Å². The Hall–Kier alpha value is -7.42. The predicted octanol–water partition coefficient (Wildman–Crippen LogP) is 11.9. The molecule has 4 aromatic heterocycles. The molecule has 0 N–H and O–H groups in total. The molecule has 0 saturated carbocycles. The van der Waals surface area contributed by atoms with Crippen LogP contribution in [-0.4, -0.2) is 18.7 Å². The smallest absolute Gasteiger partial charge is 0.0998 e. The third-order valence-corrected chi connectivity index (χ3v) is 10.8. The van der Waals surface area contributed by atoms with Crippen molar-refractivity contribution in [3.05, 3.63) is 182 Å². The van der Waals surface area contributed by atoms with E-state index in [1.165, 1.54) is 43.6 Å². The average molecular weight is 676 g/mol. The summed E-state index contributed by atoms with van der Waals surface area (Å²) >= 11 is 0. The van der Waals surface area contributed by atoms with Crippen LogP contribution in [0.5, 0.6) is 0 Å². The zero-order chi connectivity index (χ0) is 35.0. The number of rotatable bonds is 4. The lowest BCUT2D eigenvalue weighted by atomic mass is 10.0. The molecule has 0 unspecified atom stereocenters. The summed E-state index contributed by atoms with van der Waals surface area (Å²) in [6.07, 6.45) is 3.55. The molecule has 0 bridgehead atoms. The first-order chi connectivity index (χ1) is 26.3. The van der Waals surface area contributed by atoms with Crippen molar-refractivity contribution in [2.24, 2.45) is 0 Å². The molecule has 0 spiro atoms. The lowest BCUT2D eigenvalue weighted by molar-refractivity contribution is 1.16. The van der Waals surface area contributed by atoms with Gasteiger partial charge in [-0.15, -0.1) is 0 Å². The highest BCUT2D eigenvalue weighted by Gasteiger charge is 2.19. The van der Waals surface area contributed by atoms with Gasteiger partial charge in [0.2, 0.25) is 0 Å². The second-order valence-electron chi connectivity index (χ2n) is 13.6. The minimum absolute atomic E-state index is 0.628. The van der Waals surface area contributed by atoms with E-state index < -0.39 is 0 Å².